The summed E-state index contributed by atoms with van der Waals surface area (Å²) in [6.07, 6.45) is 2.03. The quantitative estimate of drug-likeness (QED) is 0.0940. The zero-order valence-electron chi connectivity index (χ0n) is 21.5. The number of hydrogen-bond acceptors (Lipinski definition) is 10. The Balaban J connectivity index is 2.01. The molecule has 0 saturated carbocycles. The molecule has 0 radical (unpaired) electrons. The molecule has 2 rings (SSSR count). The van der Waals surface area contributed by atoms with Crippen LogP contribution in [-0.2, 0) is 28.8 Å². The Labute approximate surface area is 271 Å². The molecule has 0 atom stereocenters. The van der Waals surface area contributed by atoms with Crippen LogP contribution in [0.3, 0.4) is 0 Å². The average molecular weight is 850 g/mol. The number of rotatable bonds is 16. The third-order valence-corrected chi connectivity index (χ3v) is 8.78. The first kappa shape index (κ1) is 35.1. The van der Waals surface area contributed by atoms with Gasteiger partial charge in [0.05, 0.1) is 54.1 Å². The van der Waals surface area contributed by atoms with Gasteiger partial charge in [-0.05, 0) is 88.0 Å². The fraction of sp³-hybridized carbons (Fsp3) is 0.308. The molecule has 41 heavy (non-hydrogen) atoms. The summed E-state index contributed by atoms with van der Waals surface area (Å²) in [7, 11) is -3.94. The van der Waals surface area contributed by atoms with E-state index in [2.05, 4.69) is 76.9 Å². The van der Waals surface area contributed by atoms with Gasteiger partial charge in [-0.15, -0.1) is 0 Å². The lowest BCUT2D eigenvalue weighted by molar-refractivity contribution is 0.0586. The fourth-order valence-corrected chi connectivity index (χ4v) is 7.71. The molecular formula is C26H26Br4O10S. The number of benzene rings is 2. The summed E-state index contributed by atoms with van der Waals surface area (Å²) in [6.45, 7) is 7.57. The van der Waals surface area contributed by atoms with Crippen molar-refractivity contribution in [1.29, 1.82) is 0 Å². The summed E-state index contributed by atoms with van der Waals surface area (Å²) in [4.78, 5) is 22.7. The average Bonchev–Trinajstić information content (AvgIpc) is 2.92. The number of hydrogen-bond donors (Lipinski definition) is 0. The van der Waals surface area contributed by atoms with Crippen LogP contribution in [0.4, 0.5) is 9.59 Å². The molecule has 224 valence electrons. The van der Waals surface area contributed by atoms with Crippen LogP contribution < -0.4 is 9.47 Å². The van der Waals surface area contributed by atoms with Crippen molar-refractivity contribution in [3.8, 4) is 11.5 Å². The van der Waals surface area contributed by atoms with Gasteiger partial charge in [0.15, 0.2) is 0 Å². The Hall–Kier alpha value is -2.07. The molecule has 0 heterocycles. The van der Waals surface area contributed by atoms with Crippen LogP contribution in [0.2, 0.25) is 0 Å². The molecule has 0 fully saturated rings. The predicted octanol–water partition coefficient (Wildman–Crippen LogP) is 7.79. The van der Waals surface area contributed by atoms with Crippen LogP contribution in [0.1, 0.15) is 12.8 Å². The van der Waals surface area contributed by atoms with Gasteiger partial charge in [0.2, 0.25) is 9.84 Å². The van der Waals surface area contributed by atoms with Gasteiger partial charge in [-0.2, -0.15) is 0 Å². The number of ether oxygens (including phenoxy) is 6. The molecule has 0 spiro atoms. The second kappa shape index (κ2) is 17.8. The van der Waals surface area contributed by atoms with E-state index in [0.717, 1.165) is 0 Å². The standard InChI is InChI=1S/C26H26Br4O10S/c1-3-7-37-25(31)39-11-5-9-35-23-19(27)13-17(14-20(23)28)41(33,34)18-15-21(29)24(22(30)16-18)36-10-6-12-40-26(32)38-8-4-2/h3-4,13-16H,1-2,5-12H2. The van der Waals surface area contributed by atoms with Gasteiger partial charge in [-0.1, -0.05) is 25.3 Å². The normalized spacial score (nSPS) is 10.8. The number of carbonyl (C=O) groups is 2. The van der Waals surface area contributed by atoms with Crippen molar-refractivity contribution in [2.24, 2.45) is 0 Å². The van der Waals surface area contributed by atoms with Gasteiger partial charge < -0.3 is 28.4 Å². The summed E-state index contributed by atoms with van der Waals surface area (Å²) < 4.78 is 59.2. The summed E-state index contributed by atoms with van der Waals surface area (Å²) >= 11 is 13.5. The maximum absolute atomic E-state index is 13.4. The molecule has 0 unspecified atom stereocenters. The third kappa shape index (κ3) is 11.3. The van der Waals surface area contributed by atoms with E-state index in [-0.39, 0.29) is 49.4 Å². The highest BCUT2D eigenvalue weighted by atomic mass is 79.9. The first-order chi connectivity index (χ1) is 19.5. The molecule has 0 saturated heterocycles. The number of halogens is 4. The highest BCUT2D eigenvalue weighted by molar-refractivity contribution is 9.11. The van der Waals surface area contributed by atoms with Crippen molar-refractivity contribution >= 4 is 85.9 Å². The van der Waals surface area contributed by atoms with E-state index >= 15 is 0 Å². The van der Waals surface area contributed by atoms with E-state index in [1.165, 1.54) is 36.4 Å². The van der Waals surface area contributed by atoms with Crippen molar-refractivity contribution in [3.05, 3.63) is 67.5 Å². The van der Waals surface area contributed by atoms with Crippen LogP contribution in [0, 0.1) is 0 Å². The van der Waals surface area contributed by atoms with E-state index in [4.69, 9.17) is 28.4 Å². The van der Waals surface area contributed by atoms with Crippen LogP contribution in [0.15, 0.2) is 77.3 Å². The predicted molar refractivity (Wildman–Crippen MR) is 164 cm³/mol. The number of sulfone groups is 1. The maximum atomic E-state index is 13.4. The molecule has 0 aliphatic carbocycles. The van der Waals surface area contributed by atoms with Gasteiger partial charge in [0.1, 0.15) is 24.7 Å². The van der Waals surface area contributed by atoms with Crippen LogP contribution in [-0.4, -0.2) is 60.4 Å². The summed E-state index contributed by atoms with van der Waals surface area (Å²) in [5, 5.41) is 0. The topological polar surface area (TPSA) is 124 Å². The SMILES string of the molecule is C=CCOC(=O)OCCCOc1c(Br)cc(S(=O)(=O)c2cc(Br)c(OCCCOC(=O)OCC=C)c(Br)c2)cc1Br. The lowest BCUT2D eigenvalue weighted by atomic mass is 10.3. The van der Waals surface area contributed by atoms with E-state index in [1.807, 2.05) is 0 Å². The highest BCUT2D eigenvalue weighted by Gasteiger charge is 2.24. The molecule has 15 heteroatoms. The smallest absolute Gasteiger partial charge is 0.491 e. The van der Waals surface area contributed by atoms with Crippen LogP contribution >= 0.6 is 63.7 Å². The zero-order valence-corrected chi connectivity index (χ0v) is 28.7. The fourth-order valence-electron chi connectivity index (χ4n) is 2.91. The zero-order chi connectivity index (χ0) is 30.4. The van der Waals surface area contributed by atoms with E-state index < -0.39 is 22.1 Å². The van der Waals surface area contributed by atoms with Gasteiger partial charge in [0, 0.05) is 12.8 Å². The molecule has 0 N–H and O–H groups in total. The maximum Gasteiger partial charge on any atom is 0.508 e. The van der Waals surface area contributed by atoms with E-state index in [0.29, 0.717) is 42.2 Å². The Morgan fingerprint density at radius 3 is 1.29 bits per heavy atom. The Morgan fingerprint density at radius 2 is 0.976 bits per heavy atom. The second-order valence-corrected chi connectivity index (χ2v) is 13.1. The molecule has 2 aromatic carbocycles. The summed E-state index contributed by atoms with van der Waals surface area (Å²) in [6, 6.07) is 5.74. The Kier molecular flexibility index (Phi) is 15.2. The van der Waals surface area contributed by atoms with Crippen molar-refractivity contribution in [2.75, 3.05) is 39.6 Å². The minimum atomic E-state index is -3.94. The van der Waals surface area contributed by atoms with Crippen LogP contribution in [0.25, 0.3) is 0 Å². The number of carbonyl (C=O) groups excluding carboxylic acids is 2. The minimum Gasteiger partial charge on any atom is -0.491 e. The second-order valence-electron chi connectivity index (χ2n) is 7.74. The van der Waals surface area contributed by atoms with Crippen LogP contribution in [0.5, 0.6) is 11.5 Å². The van der Waals surface area contributed by atoms with Gasteiger partial charge >= 0.3 is 12.3 Å². The summed E-state index contributed by atoms with van der Waals surface area (Å²) in [5.41, 5.74) is 0. The molecule has 0 aliphatic heterocycles. The first-order valence-corrected chi connectivity index (χ1v) is 16.5. The highest BCUT2D eigenvalue weighted by Crippen LogP contribution is 2.40. The molecule has 0 aromatic heterocycles. The van der Waals surface area contributed by atoms with Gasteiger partial charge in [0.25, 0.3) is 0 Å². The van der Waals surface area contributed by atoms with Crippen molar-refractivity contribution in [3.63, 3.8) is 0 Å². The third-order valence-electron chi connectivity index (χ3n) is 4.71. The molecule has 10 nitrogen and oxygen atoms in total. The van der Waals surface area contributed by atoms with Crippen molar-refractivity contribution in [1.82, 2.24) is 0 Å². The van der Waals surface area contributed by atoms with Gasteiger partial charge in [-0.3, -0.25) is 0 Å². The Bertz CT molecular complexity index is 1210. The monoisotopic (exact) mass is 846 g/mol. The molecule has 0 amide bonds. The van der Waals surface area contributed by atoms with E-state index in [1.54, 1.807) is 0 Å². The Morgan fingerprint density at radius 1 is 0.634 bits per heavy atom. The largest absolute Gasteiger partial charge is 0.508 e. The molecule has 0 bridgehead atoms. The van der Waals surface area contributed by atoms with Crippen molar-refractivity contribution < 1.29 is 46.4 Å². The van der Waals surface area contributed by atoms with E-state index in [9.17, 15) is 18.0 Å². The summed E-state index contributed by atoms with van der Waals surface area (Å²) in [5.74, 6) is 0.782. The molecule has 2 aromatic rings. The first-order valence-electron chi connectivity index (χ1n) is 11.8. The van der Waals surface area contributed by atoms with Gasteiger partial charge in [-0.25, -0.2) is 18.0 Å². The van der Waals surface area contributed by atoms with Crippen molar-refractivity contribution in [2.45, 2.75) is 22.6 Å². The molecule has 0 aliphatic rings. The lowest BCUT2D eigenvalue weighted by Gasteiger charge is -2.15. The molecular weight excluding hydrogens is 824 g/mol. The lowest BCUT2D eigenvalue weighted by Crippen LogP contribution is -2.11. The minimum absolute atomic E-state index is 0.0184.